The fourth-order valence-corrected chi connectivity index (χ4v) is 3.56. The second-order valence-electron chi connectivity index (χ2n) is 4.83. The summed E-state index contributed by atoms with van der Waals surface area (Å²) in [5.74, 6) is -0.236. The van der Waals surface area contributed by atoms with Crippen LogP contribution >= 0.6 is 26.6 Å². The van der Waals surface area contributed by atoms with Gasteiger partial charge in [-0.05, 0) is 18.2 Å². The highest BCUT2D eigenvalue weighted by Crippen LogP contribution is 2.35. The molecule has 1 atom stereocenters. The van der Waals surface area contributed by atoms with Gasteiger partial charge in [0.15, 0.2) is 0 Å². The number of carbonyl (C=O) groups excluding carboxylic acids is 1. The third kappa shape index (κ3) is 3.10. The molecular weight excluding hydrogens is 368 g/mol. The fourth-order valence-electron chi connectivity index (χ4n) is 2.19. The molecule has 1 aromatic rings. The van der Waals surface area contributed by atoms with Gasteiger partial charge in [0.1, 0.15) is 5.25 Å². The minimum absolute atomic E-state index is 0.0782. The molecule has 0 radical (unpaired) electrons. The van der Waals surface area contributed by atoms with Crippen LogP contribution in [0.25, 0.3) is 0 Å². The Bertz CT molecular complexity index is 648. The third-order valence-corrected chi connectivity index (χ3v) is 5.56. The second kappa shape index (κ2) is 5.54. The first-order valence-corrected chi connectivity index (χ1v) is 9.07. The number of nitrogens with zero attached hydrogens (tertiary/aromatic N) is 2. The number of hydrogen-bond donors (Lipinski definition) is 0. The molecular formula is C12H14BrClN2O3S. The van der Waals surface area contributed by atoms with Gasteiger partial charge >= 0.3 is 0 Å². The zero-order chi connectivity index (χ0) is 15.1. The predicted octanol–water partition coefficient (Wildman–Crippen LogP) is 2.19. The van der Waals surface area contributed by atoms with Crippen LogP contribution in [0, 0.1) is 0 Å². The van der Waals surface area contributed by atoms with E-state index >= 15 is 0 Å². The lowest BCUT2D eigenvalue weighted by molar-refractivity contribution is -0.117. The van der Waals surface area contributed by atoms with E-state index in [-0.39, 0.29) is 18.9 Å². The van der Waals surface area contributed by atoms with E-state index in [4.69, 9.17) is 10.7 Å². The predicted molar refractivity (Wildman–Crippen MR) is 84.0 cm³/mol. The van der Waals surface area contributed by atoms with Crippen LogP contribution in [-0.4, -0.2) is 40.2 Å². The minimum Gasteiger partial charge on any atom is -0.376 e. The van der Waals surface area contributed by atoms with Crippen LogP contribution in [0.3, 0.4) is 0 Å². The molecule has 1 aliphatic heterocycles. The van der Waals surface area contributed by atoms with Crippen molar-refractivity contribution in [1.29, 1.82) is 0 Å². The monoisotopic (exact) mass is 380 g/mol. The molecule has 20 heavy (non-hydrogen) atoms. The Balaban J connectivity index is 2.42. The van der Waals surface area contributed by atoms with Crippen LogP contribution in [0.4, 0.5) is 11.4 Å². The van der Waals surface area contributed by atoms with Gasteiger partial charge in [0.25, 0.3) is 0 Å². The zero-order valence-corrected chi connectivity index (χ0v) is 14.2. The Morgan fingerprint density at radius 2 is 2.05 bits per heavy atom. The molecule has 0 aliphatic carbocycles. The molecule has 0 aromatic heterocycles. The van der Waals surface area contributed by atoms with E-state index in [1.54, 1.807) is 6.07 Å². The van der Waals surface area contributed by atoms with E-state index in [9.17, 15) is 13.2 Å². The Morgan fingerprint density at radius 3 is 2.55 bits per heavy atom. The van der Waals surface area contributed by atoms with Gasteiger partial charge in [-0.25, -0.2) is 8.42 Å². The first-order valence-electron chi connectivity index (χ1n) is 5.91. The molecule has 1 amide bonds. The molecule has 1 fully saturated rings. The average molecular weight is 382 g/mol. The van der Waals surface area contributed by atoms with Gasteiger partial charge in [-0.2, -0.15) is 0 Å². The van der Waals surface area contributed by atoms with Crippen molar-refractivity contribution in [2.24, 2.45) is 0 Å². The standard InChI is InChI=1S/C12H14BrClN2O3S/c1-15(2)10-4-3-8(13)5-11(10)16-7-9(6-12(16)17)20(14,18)19/h3-5,9H,6-7H2,1-2H3. The summed E-state index contributed by atoms with van der Waals surface area (Å²) in [5.41, 5.74) is 1.52. The smallest absolute Gasteiger partial charge is 0.237 e. The van der Waals surface area contributed by atoms with Crippen molar-refractivity contribution < 1.29 is 13.2 Å². The summed E-state index contributed by atoms with van der Waals surface area (Å²) in [6, 6.07) is 5.54. The second-order valence-corrected chi connectivity index (χ2v) is 8.66. The van der Waals surface area contributed by atoms with E-state index in [0.29, 0.717) is 5.69 Å². The lowest BCUT2D eigenvalue weighted by Gasteiger charge is -2.24. The van der Waals surface area contributed by atoms with Crippen molar-refractivity contribution in [3.05, 3.63) is 22.7 Å². The molecule has 8 heteroatoms. The molecule has 1 saturated heterocycles. The van der Waals surface area contributed by atoms with Crippen molar-refractivity contribution in [3.8, 4) is 0 Å². The van der Waals surface area contributed by atoms with Gasteiger partial charge in [-0.1, -0.05) is 15.9 Å². The molecule has 5 nitrogen and oxygen atoms in total. The van der Waals surface area contributed by atoms with Crippen LogP contribution < -0.4 is 9.80 Å². The van der Waals surface area contributed by atoms with E-state index < -0.39 is 14.3 Å². The summed E-state index contributed by atoms with van der Waals surface area (Å²) in [4.78, 5) is 15.4. The Hall–Kier alpha value is -0.790. The zero-order valence-electron chi connectivity index (χ0n) is 11.0. The molecule has 1 unspecified atom stereocenters. The Kier molecular flexibility index (Phi) is 4.32. The number of anilines is 2. The number of amides is 1. The molecule has 1 aromatic carbocycles. The lowest BCUT2D eigenvalue weighted by atomic mass is 10.2. The van der Waals surface area contributed by atoms with Crippen LogP contribution in [-0.2, 0) is 13.8 Å². The number of hydrogen-bond acceptors (Lipinski definition) is 4. The first-order chi connectivity index (χ1) is 9.20. The fraction of sp³-hybridized carbons (Fsp3) is 0.417. The van der Waals surface area contributed by atoms with Crippen LogP contribution in [0.2, 0.25) is 0 Å². The van der Waals surface area contributed by atoms with Crippen molar-refractivity contribution in [3.63, 3.8) is 0 Å². The summed E-state index contributed by atoms with van der Waals surface area (Å²) < 4.78 is 23.6. The number of rotatable bonds is 3. The van der Waals surface area contributed by atoms with E-state index in [1.807, 2.05) is 31.1 Å². The summed E-state index contributed by atoms with van der Waals surface area (Å²) in [6.07, 6.45) is -0.0782. The van der Waals surface area contributed by atoms with Crippen LogP contribution in [0.1, 0.15) is 6.42 Å². The molecule has 1 heterocycles. The largest absolute Gasteiger partial charge is 0.376 e. The van der Waals surface area contributed by atoms with Gasteiger partial charge in [0.05, 0.1) is 11.4 Å². The van der Waals surface area contributed by atoms with Crippen LogP contribution in [0.15, 0.2) is 22.7 Å². The summed E-state index contributed by atoms with van der Waals surface area (Å²) in [7, 11) is 5.36. The topological polar surface area (TPSA) is 57.7 Å². The molecule has 110 valence electrons. The van der Waals surface area contributed by atoms with Gasteiger partial charge in [0.2, 0.25) is 15.0 Å². The van der Waals surface area contributed by atoms with Gasteiger partial charge < -0.3 is 9.80 Å². The molecule has 0 bridgehead atoms. The highest BCUT2D eigenvalue weighted by molar-refractivity contribution is 9.10. The third-order valence-electron chi connectivity index (χ3n) is 3.20. The molecule has 0 saturated carbocycles. The Morgan fingerprint density at radius 1 is 1.40 bits per heavy atom. The summed E-state index contributed by atoms with van der Waals surface area (Å²) >= 11 is 3.37. The Labute approximate surface area is 131 Å². The van der Waals surface area contributed by atoms with Gasteiger partial charge in [0, 0.05) is 42.2 Å². The average Bonchev–Trinajstić information content (AvgIpc) is 2.70. The lowest BCUT2D eigenvalue weighted by Crippen LogP contribution is -2.28. The number of halogens is 2. The highest BCUT2D eigenvalue weighted by Gasteiger charge is 2.38. The molecule has 2 rings (SSSR count). The SMILES string of the molecule is CN(C)c1ccc(Br)cc1N1CC(S(=O)(=O)Cl)CC1=O. The molecule has 0 spiro atoms. The van der Waals surface area contributed by atoms with E-state index in [1.165, 1.54) is 4.90 Å². The normalized spacial score (nSPS) is 19.5. The molecule has 0 N–H and O–H groups in total. The van der Waals surface area contributed by atoms with Crippen molar-refractivity contribution in [1.82, 2.24) is 0 Å². The highest BCUT2D eigenvalue weighted by atomic mass is 79.9. The maximum absolute atomic E-state index is 12.1. The van der Waals surface area contributed by atoms with Crippen molar-refractivity contribution in [2.45, 2.75) is 11.7 Å². The number of benzene rings is 1. The minimum atomic E-state index is -3.74. The van der Waals surface area contributed by atoms with Crippen molar-refractivity contribution >= 4 is 52.9 Å². The maximum atomic E-state index is 12.1. The van der Waals surface area contributed by atoms with E-state index in [2.05, 4.69) is 15.9 Å². The van der Waals surface area contributed by atoms with Crippen molar-refractivity contribution in [2.75, 3.05) is 30.4 Å². The summed E-state index contributed by atoms with van der Waals surface area (Å²) in [6.45, 7) is 0.0853. The summed E-state index contributed by atoms with van der Waals surface area (Å²) in [5, 5.41) is -0.856. The van der Waals surface area contributed by atoms with E-state index in [0.717, 1.165) is 10.2 Å². The van der Waals surface area contributed by atoms with Crippen LogP contribution in [0.5, 0.6) is 0 Å². The first kappa shape index (κ1) is 15.6. The quantitative estimate of drug-likeness (QED) is 0.753. The number of carbonyl (C=O) groups is 1. The van der Waals surface area contributed by atoms with Gasteiger partial charge in [-0.15, -0.1) is 0 Å². The molecule has 1 aliphatic rings. The van der Waals surface area contributed by atoms with Gasteiger partial charge in [-0.3, -0.25) is 4.79 Å². The maximum Gasteiger partial charge on any atom is 0.237 e.